The number of nitrogens with zero attached hydrogens (tertiary/aromatic N) is 2. The number of hydrogen-bond acceptors (Lipinski definition) is 4. The summed E-state index contributed by atoms with van der Waals surface area (Å²) in [6.07, 6.45) is 1.45. The number of carbonyl (C=O) groups is 1. The van der Waals surface area contributed by atoms with Gasteiger partial charge in [-0.05, 0) is 38.0 Å². The average Bonchev–Trinajstić information content (AvgIpc) is 3.16. The minimum Gasteiger partial charge on any atom is -0.465 e. The highest BCUT2D eigenvalue weighted by molar-refractivity contribution is 7.95. The van der Waals surface area contributed by atoms with Gasteiger partial charge in [-0.25, -0.2) is 17.8 Å². The first-order valence-corrected chi connectivity index (χ1v) is 15.6. The predicted molar refractivity (Wildman–Crippen MR) is 125 cm³/mol. The van der Waals surface area contributed by atoms with Crippen LogP contribution < -0.4 is 5.32 Å². The van der Waals surface area contributed by atoms with Crippen LogP contribution >= 0.6 is 0 Å². The van der Waals surface area contributed by atoms with Gasteiger partial charge >= 0.3 is 6.09 Å². The summed E-state index contributed by atoms with van der Waals surface area (Å²) in [7, 11) is -3.04. The van der Waals surface area contributed by atoms with E-state index >= 15 is 4.39 Å². The number of aliphatic imine (C=N–C) groups is 1. The van der Waals surface area contributed by atoms with Gasteiger partial charge in [0.1, 0.15) is 30.0 Å². The summed E-state index contributed by atoms with van der Waals surface area (Å²) in [6.45, 7) is 8.07. The number of amides is 1. The van der Waals surface area contributed by atoms with Crippen LogP contribution in [0.15, 0.2) is 27.6 Å². The molecule has 6 nitrogen and oxygen atoms in total. The lowest BCUT2D eigenvalue weighted by Gasteiger charge is -2.43. The van der Waals surface area contributed by atoms with Crippen LogP contribution in [0.25, 0.3) is 0 Å². The van der Waals surface area contributed by atoms with Crippen molar-refractivity contribution in [2.75, 3.05) is 12.8 Å². The molecule has 1 aliphatic carbocycles. The molecule has 1 fully saturated rings. The molecule has 1 aromatic carbocycles. The zero-order valence-corrected chi connectivity index (χ0v) is 20.5. The molecule has 2 aliphatic rings. The van der Waals surface area contributed by atoms with Crippen LogP contribution in [0.3, 0.4) is 0 Å². The number of amidine groups is 1. The van der Waals surface area contributed by atoms with Crippen LogP contribution in [0.2, 0.25) is 19.6 Å². The van der Waals surface area contributed by atoms with Crippen LogP contribution in [0.1, 0.15) is 43.7 Å². The Morgan fingerprint density at radius 1 is 1.32 bits per heavy atom. The van der Waals surface area contributed by atoms with Gasteiger partial charge < -0.3 is 5.11 Å². The molecule has 2 atom stereocenters. The molecule has 1 aromatic rings. The summed E-state index contributed by atoms with van der Waals surface area (Å²) in [5, 5.41) is 11.8. The molecule has 1 spiro atoms. The molecule has 0 unspecified atom stereocenters. The van der Waals surface area contributed by atoms with Crippen LogP contribution in [0.4, 0.5) is 9.18 Å². The average molecular weight is 464 g/mol. The molecule has 168 valence electrons. The Morgan fingerprint density at radius 3 is 2.52 bits per heavy atom. The highest BCUT2D eigenvalue weighted by Gasteiger charge is 2.55. The zero-order chi connectivity index (χ0) is 23.1. The van der Waals surface area contributed by atoms with Gasteiger partial charge in [-0.2, -0.15) is 0 Å². The number of halogens is 1. The second kappa shape index (κ2) is 8.06. The molecule has 9 heteroatoms. The molecule has 1 aliphatic heterocycles. The van der Waals surface area contributed by atoms with Crippen LogP contribution in [0, 0.1) is 17.3 Å². The fourth-order valence-corrected chi connectivity index (χ4v) is 8.03. The maximum atomic E-state index is 15.0. The van der Waals surface area contributed by atoms with E-state index in [1.54, 1.807) is 19.1 Å². The van der Waals surface area contributed by atoms with Crippen molar-refractivity contribution in [1.29, 1.82) is 0 Å². The third-order valence-corrected chi connectivity index (χ3v) is 10.2. The molecule has 0 aromatic heterocycles. The van der Waals surface area contributed by atoms with Crippen LogP contribution in [0.5, 0.6) is 0 Å². The van der Waals surface area contributed by atoms with Gasteiger partial charge in [0.05, 0.1) is 15.5 Å². The smallest absolute Gasteiger partial charge is 0.410 e. The van der Waals surface area contributed by atoms with Crippen LogP contribution in [-0.2, 0) is 15.3 Å². The van der Waals surface area contributed by atoms with E-state index in [-0.39, 0.29) is 17.2 Å². The number of nitrogens with one attached hydrogen (secondary N) is 1. The van der Waals surface area contributed by atoms with Crippen molar-refractivity contribution in [3.05, 3.63) is 35.1 Å². The first kappa shape index (κ1) is 23.5. The second-order valence-electron chi connectivity index (χ2n) is 9.53. The van der Waals surface area contributed by atoms with E-state index in [4.69, 9.17) is 4.99 Å². The Labute approximate surface area is 184 Å². The summed E-state index contributed by atoms with van der Waals surface area (Å²) in [5.41, 5.74) is 2.94. The highest BCUT2D eigenvalue weighted by atomic mass is 32.2. The van der Waals surface area contributed by atoms with Gasteiger partial charge in [0.2, 0.25) is 0 Å². The van der Waals surface area contributed by atoms with E-state index in [0.29, 0.717) is 18.4 Å². The van der Waals surface area contributed by atoms with Gasteiger partial charge in [0.15, 0.2) is 0 Å². The molecule has 0 bridgehead atoms. The molecule has 0 radical (unpaired) electrons. The van der Waals surface area contributed by atoms with E-state index in [0.717, 1.165) is 12.8 Å². The fourth-order valence-electron chi connectivity index (χ4n) is 4.45. The molecule has 1 amide bonds. The SMILES string of the molecule is CN=[S@]1(=O)C[C@@](C)(c2cc(C#C[Si](C)(C)C)ccc2F)N=C(NC(=O)O)C12CCCC2. The summed E-state index contributed by atoms with van der Waals surface area (Å²) in [6, 6.07) is 4.62. The third-order valence-electron chi connectivity index (χ3n) is 5.94. The van der Waals surface area contributed by atoms with E-state index in [1.165, 1.54) is 13.1 Å². The third kappa shape index (κ3) is 4.41. The topological polar surface area (TPSA) is 91.1 Å². The van der Waals surface area contributed by atoms with E-state index < -0.39 is 40.0 Å². The first-order chi connectivity index (χ1) is 14.3. The fraction of sp³-hybridized carbons (Fsp3) is 0.545. The Morgan fingerprint density at radius 2 is 1.97 bits per heavy atom. The van der Waals surface area contributed by atoms with E-state index in [2.05, 4.69) is 40.8 Å². The molecule has 2 N–H and O–H groups in total. The summed E-state index contributed by atoms with van der Waals surface area (Å²) >= 11 is 0. The minimum atomic E-state index is -2.91. The van der Waals surface area contributed by atoms with Crippen molar-refractivity contribution in [2.24, 2.45) is 9.36 Å². The molecule has 31 heavy (non-hydrogen) atoms. The highest BCUT2D eigenvalue weighted by Crippen LogP contribution is 2.47. The lowest BCUT2D eigenvalue weighted by atomic mass is 9.91. The van der Waals surface area contributed by atoms with Gasteiger partial charge in [0.25, 0.3) is 0 Å². The maximum Gasteiger partial charge on any atom is 0.410 e. The molecule has 3 rings (SSSR count). The molecular weight excluding hydrogens is 433 g/mol. The molecule has 1 saturated carbocycles. The van der Waals surface area contributed by atoms with Crippen LogP contribution in [-0.4, -0.2) is 46.9 Å². The normalized spacial score (nSPS) is 27.2. The summed E-state index contributed by atoms with van der Waals surface area (Å²) in [5.74, 6) is 2.81. The number of hydrogen-bond donors (Lipinski definition) is 2. The predicted octanol–water partition coefficient (Wildman–Crippen LogP) is 4.36. The van der Waals surface area contributed by atoms with Crippen molar-refractivity contribution < 1.29 is 18.5 Å². The van der Waals surface area contributed by atoms with Crippen molar-refractivity contribution in [3.63, 3.8) is 0 Å². The van der Waals surface area contributed by atoms with Gasteiger partial charge in [-0.1, -0.05) is 38.4 Å². The lowest BCUT2D eigenvalue weighted by molar-refractivity contribution is 0.199. The number of carboxylic acid groups (broad SMARTS) is 1. The number of benzene rings is 1. The quantitative estimate of drug-likeness (QED) is 0.479. The standard InChI is InChI=1S/C22H30FN3O3SSi/c1-21(17-14-16(8-9-18(17)23)10-13-31(3,4)5)15-30(29,24-2)22(11-6-7-12-22)19(26-21)25-20(27)28/h8-9,14H,6-7,11-12,15H2,1-5H3,(H,25,26)(H,27,28)/t21-,30-/m0/s1. The van der Waals surface area contributed by atoms with E-state index in [9.17, 15) is 14.1 Å². The first-order valence-electron chi connectivity index (χ1n) is 10.4. The maximum absolute atomic E-state index is 15.0. The van der Waals surface area contributed by atoms with Gasteiger partial charge in [-0.3, -0.25) is 10.3 Å². The Balaban J connectivity index is 2.22. The zero-order valence-electron chi connectivity index (χ0n) is 18.7. The molecule has 1 heterocycles. The molecular formula is C22H30FN3O3SSi. The van der Waals surface area contributed by atoms with E-state index in [1.807, 2.05) is 0 Å². The Bertz CT molecular complexity index is 1120. The number of rotatable bonds is 1. The Hall–Kier alpha value is -2.18. The van der Waals surface area contributed by atoms with Crippen molar-refractivity contribution in [1.82, 2.24) is 5.32 Å². The second-order valence-corrected chi connectivity index (χ2v) is 17.0. The largest absolute Gasteiger partial charge is 0.465 e. The van der Waals surface area contributed by atoms with Gasteiger partial charge in [-0.15, -0.1) is 5.54 Å². The Kier molecular flexibility index (Phi) is 6.11. The van der Waals surface area contributed by atoms with Crippen molar-refractivity contribution in [3.8, 4) is 11.5 Å². The monoisotopic (exact) mass is 463 g/mol. The van der Waals surface area contributed by atoms with Gasteiger partial charge in [0, 0.05) is 18.2 Å². The van der Waals surface area contributed by atoms with Crippen molar-refractivity contribution >= 4 is 29.7 Å². The summed E-state index contributed by atoms with van der Waals surface area (Å²) < 4.78 is 32.5. The lowest BCUT2D eigenvalue weighted by Crippen LogP contribution is -2.59. The molecule has 0 saturated heterocycles. The minimum absolute atomic E-state index is 0.0309. The summed E-state index contributed by atoms with van der Waals surface area (Å²) in [4.78, 5) is 16.3. The van der Waals surface area contributed by atoms with Crippen molar-refractivity contribution in [2.45, 2.75) is 62.5 Å².